The molecule has 1 aromatic carbocycles. The maximum Gasteiger partial charge on any atom is 0.311 e. The zero-order valence-corrected chi connectivity index (χ0v) is 12.4. The first-order valence-electron chi connectivity index (χ1n) is 6.78. The second-order valence-corrected chi connectivity index (χ2v) is 4.49. The van der Waals surface area contributed by atoms with E-state index in [9.17, 15) is 14.9 Å². The zero-order chi connectivity index (χ0) is 16.0. The minimum Gasteiger partial charge on any atom is -0.474 e. The minimum atomic E-state index is -0.816. The van der Waals surface area contributed by atoms with Crippen LogP contribution in [0.3, 0.4) is 0 Å². The van der Waals surface area contributed by atoms with Crippen molar-refractivity contribution in [2.45, 2.75) is 33.5 Å². The molecule has 1 atom stereocenters. The van der Waals surface area contributed by atoms with Gasteiger partial charge in [-0.15, -0.1) is 0 Å². The van der Waals surface area contributed by atoms with Crippen LogP contribution in [0.2, 0.25) is 0 Å². The number of rotatable bonds is 7. The van der Waals surface area contributed by atoms with Gasteiger partial charge in [0, 0.05) is 19.2 Å². The molecule has 0 spiro atoms. The van der Waals surface area contributed by atoms with Gasteiger partial charge in [-0.1, -0.05) is 6.07 Å². The number of likely N-dealkylation sites (N-methyl/N-ethyl adjacent to an activating group) is 1. The monoisotopic (exact) mass is 296 g/mol. The van der Waals surface area contributed by atoms with E-state index in [1.165, 1.54) is 18.2 Å². The standard InChI is InChI=1S/C14H20N2O5/c1-4-15(5-2)14(18)10(3)21-13-7-6-11(9-17)8-12(13)16(19)20/h6-8,10,17H,4-5,9H2,1-3H3. The SMILES string of the molecule is CCN(CC)C(=O)C(C)Oc1ccc(CO)cc1[N+](=O)[O-]. The quantitative estimate of drug-likeness (QED) is 0.611. The van der Waals surface area contributed by atoms with E-state index in [0.29, 0.717) is 18.7 Å². The number of carbonyl (C=O) groups excluding carboxylic acids is 1. The molecule has 1 unspecified atom stereocenters. The third kappa shape index (κ3) is 4.16. The van der Waals surface area contributed by atoms with Crippen LogP contribution in [0.15, 0.2) is 18.2 Å². The number of amides is 1. The number of hydrogen-bond acceptors (Lipinski definition) is 5. The molecule has 0 aliphatic heterocycles. The van der Waals surface area contributed by atoms with E-state index >= 15 is 0 Å². The van der Waals surface area contributed by atoms with E-state index in [-0.39, 0.29) is 24.0 Å². The number of aliphatic hydroxyl groups excluding tert-OH is 1. The van der Waals surface area contributed by atoms with Crippen molar-refractivity contribution in [3.63, 3.8) is 0 Å². The summed E-state index contributed by atoms with van der Waals surface area (Å²) in [6.45, 7) is 6.07. The van der Waals surface area contributed by atoms with Gasteiger partial charge in [0.15, 0.2) is 11.9 Å². The topological polar surface area (TPSA) is 92.9 Å². The molecule has 1 rings (SSSR count). The van der Waals surface area contributed by atoms with Crippen molar-refractivity contribution < 1.29 is 19.6 Å². The van der Waals surface area contributed by atoms with E-state index in [2.05, 4.69) is 0 Å². The van der Waals surface area contributed by atoms with Crippen molar-refractivity contribution in [3.8, 4) is 5.75 Å². The van der Waals surface area contributed by atoms with Gasteiger partial charge < -0.3 is 14.7 Å². The van der Waals surface area contributed by atoms with Crippen LogP contribution >= 0.6 is 0 Å². The Kier molecular flexibility index (Phi) is 6.10. The molecule has 0 aliphatic carbocycles. The first kappa shape index (κ1) is 16.9. The highest BCUT2D eigenvalue weighted by Gasteiger charge is 2.24. The Morgan fingerprint density at radius 2 is 2.05 bits per heavy atom. The maximum absolute atomic E-state index is 12.1. The van der Waals surface area contributed by atoms with E-state index < -0.39 is 11.0 Å². The third-order valence-corrected chi connectivity index (χ3v) is 3.13. The number of hydrogen-bond donors (Lipinski definition) is 1. The fourth-order valence-corrected chi connectivity index (χ4v) is 1.94. The highest BCUT2D eigenvalue weighted by atomic mass is 16.6. The molecule has 0 saturated heterocycles. The number of carbonyl (C=O) groups is 1. The molecule has 0 radical (unpaired) electrons. The Hall–Kier alpha value is -2.15. The lowest BCUT2D eigenvalue weighted by Crippen LogP contribution is -2.40. The largest absolute Gasteiger partial charge is 0.474 e. The molecule has 0 saturated carbocycles. The zero-order valence-electron chi connectivity index (χ0n) is 12.4. The molecule has 116 valence electrons. The number of benzene rings is 1. The summed E-state index contributed by atoms with van der Waals surface area (Å²) in [5.74, 6) is -0.203. The van der Waals surface area contributed by atoms with Gasteiger partial charge in [0.05, 0.1) is 11.5 Å². The van der Waals surface area contributed by atoms with Crippen molar-refractivity contribution in [2.75, 3.05) is 13.1 Å². The van der Waals surface area contributed by atoms with Crippen molar-refractivity contribution in [2.24, 2.45) is 0 Å². The van der Waals surface area contributed by atoms with Gasteiger partial charge in [-0.2, -0.15) is 0 Å². The molecular formula is C14H20N2O5. The molecule has 7 heteroatoms. The first-order chi connectivity index (χ1) is 9.94. The van der Waals surface area contributed by atoms with E-state index in [1.807, 2.05) is 13.8 Å². The fourth-order valence-electron chi connectivity index (χ4n) is 1.94. The lowest BCUT2D eigenvalue weighted by atomic mass is 10.2. The summed E-state index contributed by atoms with van der Waals surface area (Å²) in [6, 6.07) is 4.16. The van der Waals surface area contributed by atoms with Crippen LogP contribution in [-0.4, -0.2) is 40.0 Å². The van der Waals surface area contributed by atoms with Crippen LogP contribution in [0.5, 0.6) is 5.75 Å². The van der Waals surface area contributed by atoms with Gasteiger partial charge in [0.2, 0.25) is 0 Å². The molecule has 7 nitrogen and oxygen atoms in total. The smallest absolute Gasteiger partial charge is 0.311 e. The highest BCUT2D eigenvalue weighted by Crippen LogP contribution is 2.29. The third-order valence-electron chi connectivity index (χ3n) is 3.13. The molecule has 0 fully saturated rings. The molecule has 1 amide bonds. The van der Waals surface area contributed by atoms with Gasteiger partial charge in [0.1, 0.15) is 0 Å². The fraction of sp³-hybridized carbons (Fsp3) is 0.500. The number of ether oxygens (including phenoxy) is 1. The van der Waals surface area contributed by atoms with Crippen LogP contribution in [0, 0.1) is 10.1 Å². The number of nitrogens with zero attached hydrogens (tertiary/aromatic N) is 2. The molecule has 1 N–H and O–H groups in total. The first-order valence-corrected chi connectivity index (χ1v) is 6.78. The second kappa shape index (κ2) is 7.58. The predicted octanol–water partition coefficient (Wildman–Crippen LogP) is 1.72. The van der Waals surface area contributed by atoms with Crippen LogP contribution in [0.4, 0.5) is 5.69 Å². The Morgan fingerprint density at radius 1 is 1.43 bits per heavy atom. The van der Waals surface area contributed by atoms with Crippen LogP contribution in [-0.2, 0) is 11.4 Å². The van der Waals surface area contributed by atoms with Crippen LogP contribution < -0.4 is 4.74 Å². The summed E-state index contributed by atoms with van der Waals surface area (Å²) in [6.07, 6.45) is -0.816. The average molecular weight is 296 g/mol. The van der Waals surface area contributed by atoms with Crippen molar-refractivity contribution in [3.05, 3.63) is 33.9 Å². The molecule has 21 heavy (non-hydrogen) atoms. The summed E-state index contributed by atoms with van der Waals surface area (Å²) in [5, 5.41) is 20.1. The molecular weight excluding hydrogens is 276 g/mol. The lowest BCUT2D eigenvalue weighted by molar-refractivity contribution is -0.386. The van der Waals surface area contributed by atoms with Crippen LogP contribution in [0.1, 0.15) is 26.3 Å². The average Bonchev–Trinajstić information content (AvgIpc) is 2.48. The van der Waals surface area contributed by atoms with Crippen molar-refractivity contribution in [1.29, 1.82) is 0 Å². The van der Waals surface area contributed by atoms with Crippen LogP contribution in [0.25, 0.3) is 0 Å². The van der Waals surface area contributed by atoms with Gasteiger partial charge in [-0.3, -0.25) is 14.9 Å². The normalized spacial score (nSPS) is 11.8. The Balaban J connectivity index is 2.96. The molecule has 0 aromatic heterocycles. The number of nitro benzene ring substituents is 1. The van der Waals surface area contributed by atoms with Gasteiger partial charge in [-0.25, -0.2) is 0 Å². The summed E-state index contributed by atoms with van der Waals surface area (Å²) in [4.78, 5) is 24.1. The summed E-state index contributed by atoms with van der Waals surface area (Å²) < 4.78 is 5.44. The Morgan fingerprint density at radius 3 is 2.52 bits per heavy atom. The summed E-state index contributed by atoms with van der Waals surface area (Å²) in [5.41, 5.74) is 0.150. The molecule has 0 bridgehead atoms. The van der Waals surface area contributed by atoms with Crippen molar-refractivity contribution >= 4 is 11.6 Å². The van der Waals surface area contributed by atoms with Crippen molar-refractivity contribution in [1.82, 2.24) is 4.90 Å². The van der Waals surface area contributed by atoms with E-state index in [0.717, 1.165) is 0 Å². The van der Waals surface area contributed by atoms with Gasteiger partial charge >= 0.3 is 5.69 Å². The lowest BCUT2D eigenvalue weighted by Gasteiger charge is -2.23. The predicted molar refractivity (Wildman–Crippen MR) is 77.0 cm³/mol. The van der Waals surface area contributed by atoms with Gasteiger partial charge in [0.25, 0.3) is 5.91 Å². The highest BCUT2D eigenvalue weighted by molar-refractivity contribution is 5.81. The molecule has 0 aliphatic rings. The minimum absolute atomic E-state index is 0.0187. The number of aliphatic hydroxyl groups is 1. The Labute approximate surface area is 123 Å². The molecule has 0 heterocycles. The maximum atomic E-state index is 12.1. The number of nitro groups is 1. The summed E-state index contributed by atoms with van der Waals surface area (Å²) >= 11 is 0. The van der Waals surface area contributed by atoms with E-state index in [1.54, 1.807) is 11.8 Å². The molecule has 1 aromatic rings. The van der Waals surface area contributed by atoms with E-state index in [4.69, 9.17) is 9.84 Å². The second-order valence-electron chi connectivity index (χ2n) is 4.49. The summed E-state index contributed by atoms with van der Waals surface area (Å²) in [7, 11) is 0. The van der Waals surface area contributed by atoms with Gasteiger partial charge in [-0.05, 0) is 32.4 Å². The Bertz CT molecular complexity index is 514.